The molecule has 0 radical (unpaired) electrons. The first-order chi connectivity index (χ1) is 7.69. The maximum atomic E-state index is 11.7. The molecule has 0 spiro atoms. The third kappa shape index (κ3) is 3.36. The average molecular weight is 225 g/mol. The van der Waals surface area contributed by atoms with E-state index in [1.807, 2.05) is 12.2 Å². The minimum atomic E-state index is -0.236. The van der Waals surface area contributed by atoms with Crippen LogP contribution in [0, 0.1) is 5.92 Å². The quantitative estimate of drug-likeness (QED) is 0.581. The lowest BCUT2D eigenvalue weighted by Gasteiger charge is -2.27. The first-order valence-corrected chi connectivity index (χ1v) is 5.80. The fraction of sp³-hybridized carbons (Fsp3) is 0.667. The molecule has 0 aromatic carbocycles. The van der Waals surface area contributed by atoms with Crippen LogP contribution in [0.2, 0.25) is 0 Å². The lowest BCUT2D eigenvalue weighted by molar-refractivity contribution is -0.149. The highest BCUT2D eigenvalue weighted by Gasteiger charge is 2.30. The van der Waals surface area contributed by atoms with Crippen molar-refractivity contribution in [2.45, 2.75) is 39.2 Å². The zero-order chi connectivity index (χ0) is 12.0. The van der Waals surface area contributed by atoms with Crippen LogP contribution < -0.4 is 5.32 Å². The van der Waals surface area contributed by atoms with Crippen molar-refractivity contribution in [1.82, 2.24) is 5.32 Å². The summed E-state index contributed by atoms with van der Waals surface area (Å²) in [5.41, 5.74) is 0. The molecule has 16 heavy (non-hydrogen) atoms. The molecule has 0 aliphatic heterocycles. The molecule has 1 aliphatic rings. The molecule has 1 N–H and O–H groups in total. The van der Waals surface area contributed by atoms with Gasteiger partial charge < -0.3 is 10.1 Å². The summed E-state index contributed by atoms with van der Waals surface area (Å²) in [5, 5.41) is 2.87. The summed E-state index contributed by atoms with van der Waals surface area (Å²) in [6, 6.07) is -0.114. The van der Waals surface area contributed by atoms with E-state index in [4.69, 9.17) is 4.74 Å². The van der Waals surface area contributed by atoms with Crippen LogP contribution in [0.15, 0.2) is 12.2 Å². The van der Waals surface area contributed by atoms with E-state index >= 15 is 0 Å². The van der Waals surface area contributed by atoms with Crippen molar-refractivity contribution in [3.05, 3.63) is 12.2 Å². The molecule has 1 amide bonds. The van der Waals surface area contributed by atoms with Gasteiger partial charge in [0.25, 0.3) is 0 Å². The van der Waals surface area contributed by atoms with Crippen LogP contribution in [0.5, 0.6) is 0 Å². The van der Waals surface area contributed by atoms with Crippen molar-refractivity contribution in [2.24, 2.45) is 5.92 Å². The number of allylic oxidation sites excluding steroid dienone is 1. The Bertz CT molecular complexity index is 286. The van der Waals surface area contributed by atoms with Crippen molar-refractivity contribution in [2.75, 3.05) is 6.61 Å². The molecule has 0 fully saturated rings. The van der Waals surface area contributed by atoms with Gasteiger partial charge in [0, 0.05) is 12.5 Å². The Balaban J connectivity index is 2.61. The molecule has 4 nitrogen and oxygen atoms in total. The van der Waals surface area contributed by atoms with Gasteiger partial charge in [0.05, 0.1) is 12.5 Å². The largest absolute Gasteiger partial charge is 0.466 e. The maximum Gasteiger partial charge on any atom is 0.311 e. The van der Waals surface area contributed by atoms with Gasteiger partial charge >= 0.3 is 5.97 Å². The summed E-state index contributed by atoms with van der Waals surface area (Å²) >= 11 is 0. The predicted octanol–water partition coefficient (Wildman–Crippen LogP) is 1.41. The number of carbonyl (C=O) groups excluding carboxylic acids is 2. The number of carbonyl (C=O) groups is 2. The van der Waals surface area contributed by atoms with Gasteiger partial charge in [-0.3, -0.25) is 9.59 Å². The minimum absolute atomic E-state index is 0.0189. The third-order valence-corrected chi connectivity index (χ3v) is 2.69. The van der Waals surface area contributed by atoms with E-state index in [1.165, 1.54) is 0 Å². The molecular weight excluding hydrogens is 206 g/mol. The van der Waals surface area contributed by atoms with Crippen LogP contribution in [0.1, 0.15) is 33.1 Å². The second-order valence-electron chi connectivity index (χ2n) is 3.83. The average Bonchev–Trinajstić information content (AvgIpc) is 2.30. The van der Waals surface area contributed by atoms with E-state index in [0.29, 0.717) is 25.9 Å². The minimum Gasteiger partial charge on any atom is -0.466 e. The Labute approximate surface area is 96.0 Å². The highest BCUT2D eigenvalue weighted by atomic mass is 16.5. The van der Waals surface area contributed by atoms with E-state index in [0.717, 1.165) is 0 Å². The highest BCUT2D eigenvalue weighted by molar-refractivity contribution is 5.78. The fourth-order valence-corrected chi connectivity index (χ4v) is 1.79. The molecule has 1 aliphatic carbocycles. The van der Waals surface area contributed by atoms with Gasteiger partial charge in [-0.25, -0.2) is 0 Å². The summed E-state index contributed by atoms with van der Waals surface area (Å²) in [6.07, 6.45) is 5.75. The molecule has 0 heterocycles. The van der Waals surface area contributed by atoms with Gasteiger partial charge in [-0.05, 0) is 19.8 Å². The van der Waals surface area contributed by atoms with Crippen LogP contribution in [0.25, 0.3) is 0 Å². The van der Waals surface area contributed by atoms with Crippen LogP contribution in [0.3, 0.4) is 0 Å². The Kier molecular flexibility index (Phi) is 5.02. The number of nitrogens with one attached hydrogen (secondary N) is 1. The molecule has 0 saturated heterocycles. The monoisotopic (exact) mass is 225 g/mol. The van der Waals surface area contributed by atoms with Gasteiger partial charge in [0.2, 0.25) is 5.91 Å². The van der Waals surface area contributed by atoms with Crippen molar-refractivity contribution >= 4 is 11.9 Å². The number of rotatable bonds is 4. The zero-order valence-corrected chi connectivity index (χ0v) is 9.86. The molecule has 2 atom stereocenters. The second-order valence-corrected chi connectivity index (χ2v) is 3.83. The molecule has 0 bridgehead atoms. The summed E-state index contributed by atoms with van der Waals surface area (Å²) < 4.78 is 5.00. The third-order valence-electron chi connectivity index (χ3n) is 2.69. The van der Waals surface area contributed by atoms with E-state index in [9.17, 15) is 9.59 Å². The van der Waals surface area contributed by atoms with E-state index in [1.54, 1.807) is 13.8 Å². The SMILES string of the molecule is CCOC(=O)C1CC=CCC1NC(=O)CC. The van der Waals surface area contributed by atoms with Crippen LogP contribution in [-0.4, -0.2) is 24.5 Å². The zero-order valence-electron chi connectivity index (χ0n) is 9.86. The van der Waals surface area contributed by atoms with E-state index < -0.39 is 0 Å². The summed E-state index contributed by atoms with van der Waals surface area (Å²) in [7, 11) is 0. The topological polar surface area (TPSA) is 55.4 Å². The number of amides is 1. The highest BCUT2D eigenvalue weighted by Crippen LogP contribution is 2.20. The van der Waals surface area contributed by atoms with Crippen molar-refractivity contribution in [1.29, 1.82) is 0 Å². The van der Waals surface area contributed by atoms with Crippen molar-refractivity contribution in [3.8, 4) is 0 Å². The lowest BCUT2D eigenvalue weighted by Crippen LogP contribution is -2.44. The van der Waals surface area contributed by atoms with Crippen molar-refractivity contribution < 1.29 is 14.3 Å². The summed E-state index contributed by atoms with van der Waals surface area (Å²) in [6.45, 7) is 3.97. The maximum absolute atomic E-state index is 11.7. The van der Waals surface area contributed by atoms with Gasteiger partial charge in [-0.1, -0.05) is 19.1 Å². The smallest absolute Gasteiger partial charge is 0.311 e. The number of hydrogen-bond donors (Lipinski definition) is 1. The predicted molar refractivity (Wildman–Crippen MR) is 60.7 cm³/mol. The number of hydrogen-bond acceptors (Lipinski definition) is 3. The second kappa shape index (κ2) is 6.30. The number of esters is 1. The Morgan fingerprint density at radius 2 is 2.00 bits per heavy atom. The lowest BCUT2D eigenvalue weighted by atomic mass is 9.89. The molecule has 2 unspecified atom stereocenters. The van der Waals surface area contributed by atoms with E-state index in [-0.39, 0.29) is 23.8 Å². The van der Waals surface area contributed by atoms with Gasteiger partial charge in [0.15, 0.2) is 0 Å². The molecule has 90 valence electrons. The molecule has 0 saturated carbocycles. The molecule has 0 aromatic rings. The first-order valence-electron chi connectivity index (χ1n) is 5.80. The fourth-order valence-electron chi connectivity index (χ4n) is 1.79. The molecule has 0 aromatic heterocycles. The standard InChI is InChI=1S/C12H19NO3/c1-3-11(14)13-10-8-6-5-7-9(10)12(15)16-4-2/h5-6,9-10H,3-4,7-8H2,1-2H3,(H,13,14). The van der Waals surface area contributed by atoms with Gasteiger partial charge in [-0.2, -0.15) is 0 Å². The van der Waals surface area contributed by atoms with Crippen molar-refractivity contribution in [3.63, 3.8) is 0 Å². The normalized spacial score (nSPS) is 23.9. The Morgan fingerprint density at radius 1 is 1.31 bits per heavy atom. The molecule has 1 rings (SSSR count). The van der Waals surface area contributed by atoms with Crippen LogP contribution >= 0.6 is 0 Å². The van der Waals surface area contributed by atoms with Crippen LogP contribution in [-0.2, 0) is 14.3 Å². The van der Waals surface area contributed by atoms with E-state index in [2.05, 4.69) is 5.32 Å². The van der Waals surface area contributed by atoms with Gasteiger partial charge in [0.1, 0.15) is 0 Å². The summed E-state index contributed by atoms with van der Waals surface area (Å²) in [4.78, 5) is 23.0. The Morgan fingerprint density at radius 3 is 2.62 bits per heavy atom. The summed E-state index contributed by atoms with van der Waals surface area (Å²) in [5.74, 6) is -0.469. The Hall–Kier alpha value is -1.32. The number of ether oxygens (including phenoxy) is 1. The first kappa shape index (κ1) is 12.7. The van der Waals surface area contributed by atoms with Gasteiger partial charge in [-0.15, -0.1) is 0 Å². The van der Waals surface area contributed by atoms with Crippen LogP contribution in [0.4, 0.5) is 0 Å². The molecule has 4 heteroatoms. The molecular formula is C12H19NO3.